The molecule has 2 amide bonds. The fraction of sp³-hybridized carbons (Fsp3) is 0.400. The van der Waals surface area contributed by atoms with Crippen molar-refractivity contribution in [1.29, 1.82) is 0 Å². The summed E-state index contributed by atoms with van der Waals surface area (Å²) in [5.74, 6) is 0.831. The van der Waals surface area contributed by atoms with Gasteiger partial charge in [-0.15, -0.1) is 0 Å². The van der Waals surface area contributed by atoms with Crippen molar-refractivity contribution in [2.75, 3.05) is 32.8 Å². The van der Waals surface area contributed by atoms with Gasteiger partial charge in [0.1, 0.15) is 11.4 Å². The summed E-state index contributed by atoms with van der Waals surface area (Å²) < 4.78 is 5.74. The Morgan fingerprint density at radius 1 is 1.07 bits per heavy atom. The molecule has 0 bridgehead atoms. The summed E-state index contributed by atoms with van der Waals surface area (Å²) in [5.41, 5.74) is 1.43. The number of carbonyl (C=O) groups excluding carboxylic acids is 2. The quantitative estimate of drug-likeness (QED) is 0.728. The van der Waals surface area contributed by atoms with Crippen molar-refractivity contribution in [2.45, 2.75) is 19.8 Å². The first-order valence-electron chi connectivity index (χ1n) is 9.16. The molecule has 0 spiro atoms. The summed E-state index contributed by atoms with van der Waals surface area (Å²) in [6.07, 6.45) is 5.63. The number of piperazine rings is 1. The van der Waals surface area contributed by atoms with Gasteiger partial charge in [0.2, 0.25) is 5.91 Å². The molecular formula is C20H24N4O3. The van der Waals surface area contributed by atoms with Crippen LogP contribution in [0.4, 0.5) is 0 Å². The van der Waals surface area contributed by atoms with Gasteiger partial charge in [-0.1, -0.05) is 18.2 Å². The lowest BCUT2D eigenvalue weighted by Crippen LogP contribution is -2.50. The van der Waals surface area contributed by atoms with Gasteiger partial charge in [0.25, 0.3) is 5.91 Å². The predicted molar refractivity (Wildman–Crippen MR) is 100 cm³/mol. The minimum Gasteiger partial charge on any atom is -0.493 e. The average Bonchev–Trinajstić information content (AvgIpc) is 2.72. The molecule has 1 aromatic heterocycles. The van der Waals surface area contributed by atoms with Gasteiger partial charge in [0, 0.05) is 45.0 Å². The standard InChI is InChI=1S/C20H24N4O3/c1-16-5-2-3-6-18(16)27-14-4-7-19(25)23-10-12-24(13-11-23)20(26)17-15-21-8-9-22-17/h2-3,5-6,8-9,15H,4,7,10-14H2,1H3. The van der Waals surface area contributed by atoms with Crippen LogP contribution in [0.25, 0.3) is 0 Å². The van der Waals surface area contributed by atoms with Crippen LogP contribution in [-0.2, 0) is 4.79 Å². The zero-order chi connectivity index (χ0) is 19.1. The Balaban J connectivity index is 1.38. The van der Waals surface area contributed by atoms with Gasteiger partial charge in [0.05, 0.1) is 12.8 Å². The fourth-order valence-corrected chi connectivity index (χ4v) is 3.01. The summed E-state index contributed by atoms with van der Waals surface area (Å²) in [7, 11) is 0. The van der Waals surface area contributed by atoms with Crippen LogP contribution >= 0.6 is 0 Å². The summed E-state index contributed by atoms with van der Waals surface area (Å²) in [4.78, 5) is 36.2. The molecule has 0 atom stereocenters. The SMILES string of the molecule is Cc1ccccc1OCCCC(=O)N1CCN(C(=O)c2cnccn2)CC1. The second-order valence-corrected chi connectivity index (χ2v) is 6.48. The van der Waals surface area contributed by atoms with Gasteiger partial charge in [-0.05, 0) is 25.0 Å². The maximum atomic E-state index is 12.4. The van der Waals surface area contributed by atoms with Gasteiger partial charge in [-0.2, -0.15) is 0 Å². The van der Waals surface area contributed by atoms with Crippen molar-refractivity contribution in [1.82, 2.24) is 19.8 Å². The number of para-hydroxylation sites is 1. The minimum absolute atomic E-state index is 0.106. The first-order valence-corrected chi connectivity index (χ1v) is 9.16. The van der Waals surface area contributed by atoms with Crippen molar-refractivity contribution < 1.29 is 14.3 Å². The van der Waals surface area contributed by atoms with Crippen LogP contribution in [0.5, 0.6) is 5.75 Å². The Morgan fingerprint density at radius 3 is 2.52 bits per heavy atom. The molecule has 1 saturated heterocycles. The van der Waals surface area contributed by atoms with Crippen molar-refractivity contribution in [3.63, 3.8) is 0 Å². The molecule has 1 aliphatic heterocycles. The highest BCUT2D eigenvalue weighted by Crippen LogP contribution is 2.16. The minimum atomic E-state index is -0.137. The highest BCUT2D eigenvalue weighted by Gasteiger charge is 2.25. The zero-order valence-corrected chi connectivity index (χ0v) is 15.5. The molecule has 0 N–H and O–H groups in total. The summed E-state index contributed by atoms with van der Waals surface area (Å²) in [6.45, 7) is 4.64. The number of amides is 2. The molecule has 1 aromatic carbocycles. The number of hydrogen-bond donors (Lipinski definition) is 0. The number of nitrogens with zero attached hydrogens (tertiary/aromatic N) is 4. The highest BCUT2D eigenvalue weighted by atomic mass is 16.5. The van der Waals surface area contributed by atoms with Crippen LogP contribution in [0.3, 0.4) is 0 Å². The third kappa shape index (κ3) is 5.03. The number of rotatable bonds is 6. The molecule has 1 fully saturated rings. The van der Waals surface area contributed by atoms with E-state index in [1.807, 2.05) is 36.1 Å². The number of aryl methyl sites for hydroxylation is 1. The monoisotopic (exact) mass is 368 g/mol. The molecule has 0 saturated carbocycles. The van der Waals surface area contributed by atoms with Gasteiger partial charge in [-0.3, -0.25) is 14.6 Å². The number of benzene rings is 1. The molecule has 0 aliphatic carbocycles. The lowest BCUT2D eigenvalue weighted by atomic mass is 10.2. The molecule has 3 rings (SSSR count). The number of hydrogen-bond acceptors (Lipinski definition) is 5. The maximum Gasteiger partial charge on any atom is 0.274 e. The van der Waals surface area contributed by atoms with E-state index < -0.39 is 0 Å². The average molecular weight is 368 g/mol. The van der Waals surface area contributed by atoms with E-state index in [2.05, 4.69) is 9.97 Å². The van der Waals surface area contributed by atoms with Crippen LogP contribution in [-0.4, -0.2) is 64.4 Å². The summed E-state index contributed by atoms with van der Waals surface area (Å²) in [6, 6.07) is 7.85. The first kappa shape index (κ1) is 18.8. The topological polar surface area (TPSA) is 75.6 Å². The van der Waals surface area contributed by atoms with E-state index in [1.165, 1.54) is 18.6 Å². The second kappa shape index (κ2) is 9.12. The Hall–Kier alpha value is -2.96. The van der Waals surface area contributed by atoms with Crippen molar-refractivity contribution in [2.24, 2.45) is 0 Å². The molecule has 0 radical (unpaired) electrons. The molecule has 2 aromatic rings. The second-order valence-electron chi connectivity index (χ2n) is 6.48. The Morgan fingerprint density at radius 2 is 1.81 bits per heavy atom. The molecular weight excluding hydrogens is 344 g/mol. The van der Waals surface area contributed by atoms with Crippen molar-refractivity contribution in [3.8, 4) is 5.75 Å². The fourth-order valence-electron chi connectivity index (χ4n) is 3.01. The van der Waals surface area contributed by atoms with E-state index in [-0.39, 0.29) is 11.8 Å². The smallest absolute Gasteiger partial charge is 0.274 e. The molecule has 7 nitrogen and oxygen atoms in total. The lowest BCUT2D eigenvalue weighted by Gasteiger charge is -2.34. The molecule has 7 heteroatoms. The molecule has 2 heterocycles. The van der Waals surface area contributed by atoms with Crippen LogP contribution in [0.2, 0.25) is 0 Å². The molecule has 142 valence electrons. The van der Waals surface area contributed by atoms with E-state index in [0.29, 0.717) is 51.3 Å². The van der Waals surface area contributed by atoms with E-state index in [4.69, 9.17) is 4.74 Å². The highest BCUT2D eigenvalue weighted by molar-refractivity contribution is 5.92. The predicted octanol–water partition coefficient (Wildman–Crippen LogP) is 1.93. The van der Waals surface area contributed by atoms with E-state index >= 15 is 0 Å². The Labute approximate surface area is 159 Å². The van der Waals surface area contributed by atoms with Crippen molar-refractivity contribution in [3.05, 3.63) is 54.1 Å². The largest absolute Gasteiger partial charge is 0.493 e. The van der Waals surface area contributed by atoms with Crippen LogP contribution in [0.15, 0.2) is 42.9 Å². The third-order valence-corrected chi connectivity index (χ3v) is 4.59. The summed E-state index contributed by atoms with van der Waals surface area (Å²) >= 11 is 0. The molecule has 27 heavy (non-hydrogen) atoms. The maximum absolute atomic E-state index is 12.4. The zero-order valence-electron chi connectivity index (χ0n) is 15.5. The third-order valence-electron chi connectivity index (χ3n) is 4.59. The van der Waals surface area contributed by atoms with E-state index in [9.17, 15) is 9.59 Å². The number of ether oxygens (including phenoxy) is 1. The van der Waals surface area contributed by atoms with Gasteiger partial charge < -0.3 is 14.5 Å². The molecule has 0 unspecified atom stereocenters. The lowest BCUT2D eigenvalue weighted by molar-refractivity contribution is -0.132. The van der Waals surface area contributed by atoms with Gasteiger partial charge >= 0.3 is 0 Å². The number of carbonyl (C=O) groups is 2. The Kier molecular flexibility index (Phi) is 6.35. The Bertz CT molecular complexity index is 774. The van der Waals surface area contributed by atoms with E-state index in [0.717, 1.165) is 11.3 Å². The molecule has 1 aliphatic rings. The van der Waals surface area contributed by atoms with Crippen LogP contribution in [0, 0.1) is 6.92 Å². The van der Waals surface area contributed by atoms with Crippen LogP contribution < -0.4 is 4.74 Å². The summed E-state index contributed by atoms with van der Waals surface area (Å²) in [5, 5.41) is 0. The normalized spacial score (nSPS) is 14.1. The van der Waals surface area contributed by atoms with Crippen LogP contribution in [0.1, 0.15) is 28.9 Å². The van der Waals surface area contributed by atoms with Crippen molar-refractivity contribution >= 4 is 11.8 Å². The first-order chi connectivity index (χ1) is 13.1. The van der Waals surface area contributed by atoms with Gasteiger partial charge in [-0.25, -0.2) is 4.98 Å². The van der Waals surface area contributed by atoms with Gasteiger partial charge in [0.15, 0.2) is 0 Å². The number of aromatic nitrogens is 2. The van der Waals surface area contributed by atoms with E-state index in [1.54, 1.807) is 4.90 Å².